The van der Waals surface area contributed by atoms with Gasteiger partial charge in [0.2, 0.25) is 0 Å². The molecule has 90 valence electrons. The van der Waals surface area contributed by atoms with Crippen molar-refractivity contribution < 1.29 is 0 Å². The molecule has 1 aliphatic rings. The maximum absolute atomic E-state index is 3.78. The van der Waals surface area contributed by atoms with Crippen LogP contribution in [0.2, 0.25) is 0 Å². The molecule has 1 saturated carbocycles. The zero-order valence-electron chi connectivity index (χ0n) is 10.3. The van der Waals surface area contributed by atoms with E-state index in [1.54, 1.807) is 0 Å². The second-order valence-electron chi connectivity index (χ2n) is 5.06. The summed E-state index contributed by atoms with van der Waals surface area (Å²) in [5, 5.41) is 7.52. The highest BCUT2D eigenvalue weighted by atomic mass is 32.1. The summed E-state index contributed by atoms with van der Waals surface area (Å²) < 4.78 is 1.41. The molecule has 0 radical (unpaired) electrons. The van der Waals surface area contributed by atoms with Crippen molar-refractivity contribution in [2.45, 2.75) is 44.7 Å². The molecule has 2 heteroatoms. The topological polar surface area (TPSA) is 12.0 Å². The van der Waals surface area contributed by atoms with E-state index in [1.165, 1.54) is 41.3 Å². The molecule has 1 N–H and O–H groups in total. The molecule has 1 fully saturated rings. The summed E-state index contributed by atoms with van der Waals surface area (Å²) in [4.78, 5) is 0. The van der Waals surface area contributed by atoms with Crippen LogP contribution in [-0.4, -0.2) is 6.04 Å². The number of benzene rings is 1. The van der Waals surface area contributed by atoms with Gasteiger partial charge in [-0.05, 0) is 42.2 Å². The molecule has 17 heavy (non-hydrogen) atoms. The molecule has 1 nitrogen and oxygen atoms in total. The summed E-state index contributed by atoms with van der Waals surface area (Å²) in [5.74, 6) is 0. The smallest absolute Gasteiger partial charge is 0.0346 e. The summed E-state index contributed by atoms with van der Waals surface area (Å²) in [7, 11) is 0. The van der Waals surface area contributed by atoms with Gasteiger partial charge in [-0.1, -0.05) is 31.0 Å². The third kappa shape index (κ3) is 2.24. The highest BCUT2D eigenvalue weighted by Crippen LogP contribution is 2.31. The van der Waals surface area contributed by atoms with E-state index in [4.69, 9.17) is 0 Å². The Morgan fingerprint density at radius 3 is 2.82 bits per heavy atom. The second kappa shape index (κ2) is 4.79. The van der Waals surface area contributed by atoms with Gasteiger partial charge in [0.1, 0.15) is 0 Å². The van der Waals surface area contributed by atoms with E-state index in [0.29, 0.717) is 6.04 Å². The van der Waals surface area contributed by atoms with Crippen LogP contribution in [0.15, 0.2) is 29.6 Å². The molecule has 0 spiro atoms. The number of hydrogen-bond acceptors (Lipinski definition) is 2. The zero-order chi connectivity index (χ0) is 11.7. The van der Waals surface area contributed by atoms with Crippen molar-refractivity contribution in [2.75, 3.05) is 0 Å². The molecule has 0 saturated heterocycles. The molecule has 1 heterocycles. The fourth-order valence-corrected chi connectivity index (χ4v) is 3.92. The van der Waals surface area contributed by atoms with Gasteiger partial charge in [-0.2, -0.15) is 0 Å². The highest BCUT2D eigenvalue weighted by Gasteiger charge is 2.19. The Balaban J connectivity index is 1.82. The van der Waals surface area contributed by atoms with Crippen molar-refractivity contribution in [3.05, 3.63) is 35.2 Å². The van der Waals surface area contributed by atoms with Crippen molar-refractivity contribution in [1.82, 2.24) is 5.32 Å². The van der Waals surface area contributed by atoms with Gasteiger partial charge < -0.3 is 5.32 Å². The first-order valence-corrected chi connectivity index (χ1v) is 7.45. The lowest BCUT2D eigenvalue weighted by Gasteiger charge is -2.19. The van der Waals surface area contributed by atoms with Gasteiger partial charge in [0.15, 0.2) is 0 Å². The zero-order valence-corrected chi connectivity index (χ0v) is 11.1. The van der Waals surface area contributed by atoms with Gasteiger partial charge in [-0.3, -0.25) is 0 Å². The minimum absolute atomic E-state index is 0.481. The average molecular weight is 245 g/mol. The van der Waals surface area contributed by atoms with Crippen LogP contribution < -0.4 is 5.32 Å². The Hall–Kier alpha value is -0.860. The van der Waals surface area contributed by atoms with E-state index < -0.39 is 0 Å². The number of nitrogens with one attached hydrogen (secondary N) is 1. The molecule has 1 aromatic carbocycles. The van der Waals surface area contributed by atoms with Crippen LogP contribution in [0.3, 0.4) is 0 Å². The molecular formula is C15H19NS. The van der Waals surface area contributed by atoms with Crippen molar-refractivity contribution in [1.29, 1.82) is 0 Å². The van der Waals surface area contributed by atoms with Crippen molar-refractivity contribution in [3.63, 3.8) is 0 Å². The number of thiophene rings is 1. The van der Waals surface area contributed by atoms with E-state index >= 15 is 0 Å². The van der Waals surface area contributed by atoms with E-state index in [-0.39, 0.29) is 0 Å². The molecule has 1 aliphatic carbocycles. The molecule has 2 aromatic rings. The largest absolute Gasteiger partial charge is 0.307 e. The Morgan fingerprint density at radius 2 is 2.00 bits per heavy atom. The van der Waals surface area contributed by atoms with Gasteiger partial charge in [-0.15, -0.1) is 11.3 Å². The van der Waals surface area contributed by atoms with Gasteiger partial charge in [0.25, 0.3) is 0 Å². The quantitative estimate of drug-likeness (QED) is 0.840. The number of fused-ring (bicyclic) bond motifs is 1. The molecular weight excluding hydrogens is 226 g/mol. The summed E-state index contributed by atoms with van der Waals surface area (Å²) in [6.07, 6.45) is 5.50. The predicted octanol–water partition coefficient (Wildman–Crippen LogP) is 4.49. The number of rotatable bonds is 3. The predicted molar refractivity (Wildman–Crippen MR) is 75.6 cm³/mol. The van der Waals surface area contributed by atoms with Gasteiger partial charge >= 0.3 is 0 Å². The lowest BCUT2D eigenvalue weighted by Crippen LogP contribution is -2.28. The fourth-order valence-electron chi connectivity index (χ4n) is 2.87. The Kier molecular flexibility index (Phi) is 3.17. The SMILES string of the molecule is CC(NC1CCCC1)c1csc2ccccc12. The summed E-state index contributed by atoms with van der Waals surface area (Å²) in [6, 6.07) is 9.94. The van der Waals surface area contributed by atoms with E-state index in [0.717, 1.165) is 6.04 Å². The van der Waals surface area contributed by atoms with E-state index in [2.05, 4.69) is 41.9 Å². The molecule has 3 rings (SSSR count). The summed E-state index contributed by atoms with van der Waals surface area (Å²) in [5.41, 5.74) is 1.47. The van der Waals surface area contributed by atoms with E-state index in [1.807, 2.05) is 11.3 Å². The van der Waals surface area contributed by atoms with Crippen LogP contribution >= 0.6 is 11.3 Å². The van der Waals surface area contributed by atoms with Crippen LogP contribution in [-0.2, 0) is 0 Å². The molecule has 0 aliphatic heterocycles. The van der Waals surface area contributed by atoms with Crippen LogP contribution in [0, 0.1) is 0 Å². The molecule has 1 atom stereocenters. The normalized spacial score (nSPS) is 18.9. The lowest BCUT2D eigenvalue weighted by molar-refractivity contribution is 0.464. The lowest BCUT2D eigenvalue weighted by atomic mass is 10.1. The third-order valence-electron chi connectivity index (χ3n) is 3.82. The molecule has 0 amide bonds. The van der Waals surface area contributed by atoms with Crippen LogP contribution in [0.5, 0.6) is 0 Å². The number of hydrogen-bond donors (Lipinski definition) is 1. The molecule has 1 unspecified atom stereocenters. The van der Waals surface area contributed by atoms with Crippen LogP contribution in [0.4, 0.5) is 0 Å². The highest BCUT2D eigenvalue weighted by molar-refractivity contribution is 7.17. The third-order valence-corrected chi connectivity index (χ3v) is 4.80. The van der Waals surface area contributed by atoms with Crippen molar-refractivity contribution in [3.8, 4) is 0 Å². The standard InChI is InChI=1S/C15H19NS/c1-11(16-12-6-2-3-7-12)14-10-17-15-9-5-4-8-13(14)15/h4-5,8-12,16H,2-3,6-7H2,1H3. The minimum Gasteiger partial charge on any atom is -0.307 e. The van der Waals surface area contributed by atoms with Crippen LogP contribution in [0.1, 0.15) is 44.2 Å². The maximum atomic E-state index is 3.78. The summed E-state index contributed by atoms with van der Waals surface area (Å²) >= 11 is 1.86. The van der Waals surface area contributed by atoms with E-state index in [9.17, 15) is 0 Å². The second-order valence-corrected chi connectivity index (χ2v) is 5.97. The van der Waals surface area contributed by atoms with Gasteiger partial charge in [0.05, 0.1) is 0 Å². The van der Waals surface area contributed by atoms with Gasteiger partial charge in [0, 0.05) is 16.8 Å². The first kappa shape index (κ1) is 11.2. The Bertz CT molecular complexity index is 496. The first-order valence-electron chi connectivity index (χ1n) is 6.57. The van der Waals surface area contributed by atoms with Crippen molar-refractivity contribution in [2.24, 2.45) is 0 Å². The molecule has 1 aromatic heterocycles. The Labute approximate surface area is 107 Å². The van der Waals surface area contributed by atoms with Crippen LogP contribution in [0.25, 0.3) is 10.1 Å². The minimum atomic E-state index is 0.481. The molecule has 0 bridgehead atoms. The Morgan fingerprint density at radius 1 is 1.24 bits per heavy atom. The maximum Gasteiger partial charge on any atom is 0.0346 e. The monoisotopic (exact) mass is 245 g/mol. The van der Waals surface area contributed by atoms with Gasteiger partial charge in [-0.25, -0.2) is 0 Å². The summed E-state index contributed by atoms with van der Waals surface area (Å²) in [6.45, 7) is 2.30. The van der Waals surface area contributed by atoms with Crippen molar-refractivity contribution >= 4 is 21.4 Å². The average Bonchev–Trinajstić information content (AvgIpc) is 2.96. The first-order chi connectivity index (χ1) is 8.34. The fraction of sp³-hybridized carbons (Fsp3) is 0.467.